The quantitative estimate of drug-likeness (QED) is 0.521. The number of ether oxygens (including phenoxy) is 3. The summed E-state index contributed by atoms with van der Waals surface area (Å²) in [7, 11) is 3.14. The number of aliphatic hydroxyl groups is 1. The zero-order valence-corrected chi connectivity index (χ0v) is 17.7. The number of methoxy groups -OCH3 is 2. The molecule has 1 aromatic rings. The standard InChI is InChI=1S/C20H32N4O5/c1-5-21-19(23-7-9-24(10-8-23)20(26)29-6-2)22-14-18(25)15-11-16(27-3)13-17(12-15)28-4/h11-13,18,25H,5-10,14H2,1-4H3,(H,21,22). The van der Waals surface area contributed by atoms with Crippen molar-refractivity contribution >= 4 is 12.1 Å². The van der Waals surface area contributed by atoms with Gasteiger partial charge in [0.1, 0.15) is 11.5 Å². The number of rotatable bonds is 7. The van der Waals surface area contributed by atoms with Crippen LogP contribution in [0.5, 0.6) is 11.5 Å². The van der Waals surface area contributed by atoms with Crippen LogP contribution in [0.15, 0.2) is 23.2 Å². The molecule has 0 radical (unpaired) electrons. The van der Waals surface area contributed by atoms with Crippen LogP contribution in [-0.4, -0.2) is 87.1 Å². The Kier molecular flexibility index (Phi) is 8.85. The molecule has 29 heavy (non-hydrogen) atoms. The third-order valence-corrected chi connectivity index (χ3v) is 4.61. The number of hydrogen-bond acceptors (Lipinski definition) is 6. The van der Waals surface area contributed by atoms with Crippen LogP contribution in [0.2, 0.25) is 0 Å². The zero-order chi connectivity index (χ0) is 21.2. The normalized spacial score (nSPS) is 15.7. The van der Waals surface area contributed by atoms with Gasteiger partial charge in [0.15, 0.2) is 5.96 Å². The molecule has 0 saturated carbocycles. The van der Waals surface area contributed by atoms with Crippen molar-refractivity contribution in [1.29, 1.82) is 0 Å². The van der Waals surface area contributed by atoms with E-state index in [-0.39, 0.29) is 12.6 Å². The first-order chi connectivity index (χ1) is 14.0. The van der Waals surface area contributed by atoms with Crippen LogP contribution in [0, 0.1) is 0 Å². The first kappa shape index (κ1) is 22.6. The summed E-state index contributed by atoms with van der Waals surface area (Å²) in [5, 5.41) is 13.9. The minimum atomic E-state index is -0.798. The van der Waals surface area contributed by atoms with E-state index in [4.69, 9.17) is 14.2 Å². The Hall–Kier alpha value is -2.68. The maximum atomic E-state index is 11.9. The third-order valence-electron chi connectivity index (χ3n) is 4.61. The van der Waals surface area contributed by atoms with Crippen LogP contribution >= 0.6 is 0 Å². The van der Waals surface area contributed by atoms with Crippen molar-refractivity contribution in [3.8, 4) is 11.5 Å². The SMILES string of the molecule is CCNC(=NCC(O)c1cc(OC)cc(OC)c1)N1CCN(C(=O)OCC)CC1. The van der Waals surface area contributed by atoms with Gasteiger partial charge in [0.2, 0.25) is 0 Å². The van der Waals surface area contributed by atoms with Gasteiger partial charge in [-0.05, 0) is 31.5 Å². The summed E-state index contributed by atoms with van der Waals surface area (Å²) in [6.45, 7) is 7.49. The minimum absolute atomic E-state index is 0.191. The Morgan fingerprint density at radius 2 is 1.69 bits per heavy atom. The molecule has 1 heterocycles. The summed E-state index contributed by atoms with van der Waals surface area (Å²) in [6.07, 6.45) is -1.08. The second-order valence-electron chi connectivity index (χ2n) is 6.53. The lowest BCUT2D eigenvalue weighted by atomic mass is 10.1. The number of nitrogens with one attached hydrogen (secondary N) is 1. The Labute approximate surface area is 172 Å². The van der Waals surface area contributed by atoms with E-state index < -0.39 is 6.10 Å². The van der Waals surface area contributed by atoms with E-state index in [1.807, 2.05) is 6.92 Å². The minimum Gasteiger partial charge on any atom is -0.497 e. The van der Waals surface area contributed by atoms with Crippen molar-refractivity contribution in [2.24, 2.45) is 4.99 Å². The monoisotopic (exact) mass is 408 g/mol. The van der Waals surface area contributed by atoms with E-state index >= 15 is 0 Å². The van der Waals surface area contributed by atoms with Gasteiger partial charge in [0.25, 0.3) is 0 Å². The molecule has 1 aliphatic rings. The molecule has 1 fully saturated rings. The smallest absolute Gasteiger partial charge is 0.409 e. The highest BCUT2D eigenvalue weighted by molar-refractivity contribution is 5.80. The van der Waals surface area contributed by atoms with Crippen LogP contribution in [-0.2, 0) is 4.74 Å². The fraction of sp³-hybridized carbons (Fsp3) is 0.600. The van der Waals surface area contributed by atoms with Crippen LogP contribution in [0.3, 0.4) is 0 Å². The number of hydrogen-bond donors (Lipinski definition) is 2. The largest absolute Gasteiger partial charge is 0.497 e. The van der Waals surface area contributed by atoms with Crippen molar-refractivity contribution < 1.29 is 24.1 Å². The van der Waals surface area contributed by atoms with Crippen molar-refractivity contribution in [3.63, 3.8) is 0 Å². The third kappa shape index (κ3) is 6.42. The number of benzene rings is 1. The van der Waals surface area contributed by atoms with Gasteiger partial charge in [0, 0.05) is 38.8 Å². The lowest BCUT2D eigenvalue weighted by Gasteiger charge is -2.36. The fourth-order valence-electron chi connectivity index (χ4n) is 3.04. The van der Waals surface area contributed by atoms with E-state index in [0.717, 1.165) is 0 Å². The lowest BCUT2D eigenvalue weighted by Crippen LogP contribution is -2.54. The number of carbonyl (C=O) groups excluding carboxylic acids is 1. The van der Waals surface area contributed by atoms with Gasteiger partial charge in [-0.25, -0.2) is 4.79 Å². The van der Waals surface area contributed by atoms with Gasteiger partial charge in [-0.3, -0.25) is 4.99 Å². The van der Waals surface area contributed by atoms with Crippen molar-refractivity contribution in [2.45, 2.75) is 20.0 Å². The molecule has 9 heteroatoms. The van der Waals surface area contributed by atoms with Gasteiger partial charge in [-0.1, -0.05) is 0 Å². The summed E-state index contributed by atoms with van der Waals surface area (Å²) in [5.74, 6) is 1.94. The number of amides is 1. The topological polar surface area (TPSA) is 95.9 Å². The maximum absolute atomic E-state index is 11.9. The van der Waals surface area contributed by atoms with Gasteiger partial charge in [-0.15, -0.1) is 0 Å². The Morgan fingerprint density at radius 3 is 2.21 bits per heavy atom. The van der Waals surface area contributed by atoms with Crippen molar-refractivity contribution in [1.82, 2.24) is 15.1 Å². The molecule has 1 aliphatic heterocycles. The highest BCUT2D eigenvalue weighted by Gasteiger charge is 2.24. The molecular weight excluding hydrogens is 376 g/mol. The molecule has 0 spiro atoms. The highest BCUT2D eigenvalue weighted by Crippen LogP contribution is 2.26. The van der Waals surface area contributed by atoms with E-state index in [0.29, 0.717) is 62.4 Å². The summed E-state index contributed by atoms with van der Waals surface area (Å²) in [6, 6.07) is 5.30. The number of aliphatic imine (C=N–C) groups is 1. The molecule has 0 aromatic heterocycles. The van der Waals surface area contributed by atoms with Crippen molar-refractivity contribution in [3.05, 3.63) is 23.8 Å². The molecule has 9 nitrogen and oxygen atoms in total. The van der Waals surface area contributed by atoms with Gasteiger partial charge in [-0.2, -0.15) is 0 Å². The average molecular weight is 408 g/mol. The maximum Gasteiger partial charge on any atom is 0.409 e. The molecular formula is C20H32N4O5. The lowest BCUT2D eigenvalue weighted by molar-refractivity contribution is 0.0914. The van der Waals surface area contributed by atoms with E-state index in [9.17, 15) is 9.90 Å². The first-order valence-corrected chi connectivity index (χ1v) is 9.88. The molecule has 1 unspecified atom stereocenters. The number of nitrogens with zero attached hydrogens (tertiary/aromatic N) is 3. The van der Waals surface area contributed by atoms with Crippen LogP contribution < -0.4 is 14.8 Å². The molecule has 1 atom stereocenters. The Bertz CT molecular complexity index is 667. The van der Waals surface area contributed by atoms with E-state index in [1.54, 1.807) is 44.2 Å². The predicted octanol–water partition coefficient (Wildman–Crippen LogP) is 1.48. The zero-order valence-electron chi connectivity index (χ0n) is 17.7. The second kappa shape index (κ2) is 11.4. The van der Waals surface area contributed by atoms with Crippen LogP contribution in [0.1, 0.15) is 25.5 Å². The molecule has 2 rings (SSSR count). The summed E-state index contributed by atoms with van der Waals surface area (Å²) in [5.41, 5.74) is 0.674. The Morgan fingerprint density at radius 1 is 1.10 bits per heavy atom. The second-order valence-corrected chi connectivity index (χ2v) is 6.53. The van der Waals surface area contributed by atoms with E-state index in [2.05, 4.69) is 15.2 Å². The first-order valence-electron chi connectivity index (χ1n) is 9.88. The average Bonchev–Trinajstić information content (AvgIpc) is 2.76. The fourth-order valence-corrected chi connectivity index (χ4v) is 3.04. The van der Waals surface area contributed by atoms with Gasteiger partial charge >= 0.3 is 6.09 Å². The van der Waals surface area contributed by atoms with Crippen molar-refractivity contribution in [2.75, 3.05) is 60.1 Å². The van der Waals surface area contributed by atoms with Crippen LogP contribution in [0.25, 0.3) is 0 Å². The summed E-state index contributed by atoms with van der Waals surface area (Å²) in [4.78, 5) is 20.2. The molecule has 0 bridgehead atoms. The van der Waals surface area contributed by atoms with Crippen LogP contribution in [0.4, 0.5) is 4.79 Å². The predicted molar refractivity (Wildman–Crippen MR) is 111 cm³/mol. The number of guanidine groups is 1. The molecule has 1 aromatic carbocycles. The van der Waals surface area contributed by atoms with Gasteiger partial charge < -0.3 is 34.4 Å². The summed E-state index contributed by atoms with van der Waals surface area (Å²) < 4.78 is 15.6. The van der Waals surface area contributed by atoms with Gasteiger partial charge in [0.05, 0.1) is 33.5 Å². The number of carbonyl (C=O) groups is 1. The molecule has 1 amide bonds. The number of piperazine rings is 1. The molecule has 162 valence electrons. The molecule has 1 saturated heterocycles. The Balaban J connectivity index is 2.03. The molecule has 0 aliphatic carbocycles. The number of aliphatic hydroxyl groups excluding tert-OH is 1. The summed E-state index contributed by atoms with van der Waals surface area (Å²) >= 11 is 0. The molecule has 2 N–H and O–H groups in total. The van der Waals surface area contributed by atoms with E-state index in [1.165, 1.54) is 0 Å². The highest BCUT2D eigenvalue weighted by atomic mass is 16.6.